The Hall–Kier alpha value is -2.75. The average Bonchev–Trinajstić information content (AvgIpc) is 3.67. The first-order valence-corrected chi connectivity index (χ1v) is 15.7. The number of nitrogens with one attached hydrogen (secondary N) is 2. The predicted molar refractivity (Wildman–Crippen MR) is 173 cm³/mol. The van der Waals surface area contributed by atoms with Gasteiger partial charge in [0, 0.05) is 42.2 Å². The van der Waals surface area contributed by atoms with Crippen LogP contribution in [0.3, 0.4) is 0 Å². The van der Waals surface area contributed by atoms with Crippen LogP contribution >= 0.6 is 0 Å². The summed E-state index contributed by atoms with van der Waals surface area (Å²) in [5.41, 5.74) is 20.2. The maximum Gasteiger partial charge on any atom is 0.0694 e. The van der Waals surface area contributed by atoms with Crippen LogP contribution in [0.5, 0.6) is 0 Å². The van der Waals surface area contributed by atoms with Crippen LogP contribution in [-0.2, 0) is 45.8 Å². The van der Waals surface area contributed by atoms with Crippen molar-refractivity contribution in [3.63, 3.8) is 0 Å². The smallest absolute Gasteiger partial charge is 0.0694 e. The predicted octanol–water partition coefficient (Wildman–Crippen LogP) is 10.0. The van der Waals surface area contributed by atoms with Gasteiger partial charge in [-0.05, 0) is 120 Å². The van der Waals surface area contributed by atoms with Crippen molar-refractivity contribution in [2.45, 2.75) is 107 Å². The van der Waals surface area contributed by atoms with E-state index < -0.39 is 0 Å². The molecule has 0 unspecified atom stereocenters. The molecule has 0 fully saturated rings. The third-order valence-electron chi connectivity index (χ3n) is 8.97. The van der Waals surface area contributed by atoms with E-state index in [1.165, 1.54) is 66.6 Å². The van der Waals surface area contributed by atoms with Crippen LogP contribution in [0.15, 0.2) is 24.3 Å². The van der Waals surface area contributed by atoms with Gasteiger partial charge < -0.3 is 9.97 Å². The molecule has 8 bridgehead atoms. The SMILES string of the molecule is CCC1=C(CC)c2cc3[nH]c(cc4[nH]c(cc5nc(cc1n2)C(CC)=C5CC)c(CC)c4CC)c(CC)c3CC.[Ir]. The Morgan fingerprint density at radius 2 is 0.659 bits per heavy atom. The quantitative estimate of drug-likeness (QED) is 0.243. The normalized spacial score (nSPS) is 13.3. The Morgan fingerprint density at radius 3 is 0.927 bits per heavy atom. The van der Waals surface area contributed by atoms with E-state index in [0.717, 1.165) is 74.1 Å². The van der Waals surface area contributed by atoms with E-state index in [4.69, 9.17) is 9.97 Å². The Morgan fingerprint density at radius 1 is 0.390 bits per heavy atom. The third kappa shape index (κ3) is 5.32. The number of rotatable bonds is 8. The molecule has 3 aromatic rings. The molecule has 0 atom stereocenters. The van der Waals surface area contributed by atoms with Gasteiger partial charge in [0.05, 0.1) is 22.8 Å². The second-order valence-electron chi connectivity index (χ2n) is 10.9. The van der Waals surface area contributed by atoms with E-state index in [0.29, 0.717) is 0 Å². The molecule has 41 heavy (non-hydrogen) atoms. The number of H-pyrrole nitrogens is 2. The minimum absolute atomic E-state index is 0. The second-order valence-corrected chi connectivity index (χ2v) is 10.9. The minimum atomic E-state index is 0. The zero-order valence-corrected chi connectivity index (χ0v) is 28.6. The molecule has 0 aliphatic carbocycles. The Labute approximate surface area is 259 Å². The van der Waals surface area contributed by atoms with Crippen LogP contribution in [0.1, 0.15) is 126 Å². The number of fused-ring (bicyclic) bond motifs is 8. The summed E-state index contributed by atoms with van der Waals surface area (Å²) in [5.74, 6) is 0. The van der Waals surface area contributed by atoms with E-state index in [1.54, 1.807) is 0 Å². The summed E-state index contributed by atoms with van der Waals surface area (Å²) in [6, 6.07) is 9.24. The molecule has 0 amide bonds. The fourth-order valence-electron chi connectivity index (χ4n) is 7.10. The van der Waals surface area contributed by atoms with Gasteiger partial charge in [0.25, 0.3) is 0 Å². The summed E-state index contributed by atoms with van der Waals surface area (Å²) >= 11 is 0. The van der Waals surface area contributed by atoms with Crippen LogP contribution < -0.4 is 0 Å². The molecular weight excluding hydrogens is 681 g/mol. The molecule has 0 aromatic carbocycles. The molecule has 2 aliphatic rings. The standard InChI is InChI=1S/C36H46N4.Ir/c1-9-21-22(10-2)30-18-32-25(13-5)26(14-6)34(39-32)20-36-28(16-8)27(15-7)35(40-36)19-33-24(12-4)23(11-3)31(38-33)17-29(21)37-30;/h17-20,37-38H,9-16H2,1-8H3;. The van der Waals surface area contributed by atoms with Crippen LogP contribution in [0.25, 0.3) is 44.4 Å². The third-order valence-corrected chi connectivity index (χ3v) is 8.97. The molecule has 1 radical (unpaired) electrons. The fraction of sp³-hybridized carbons (Fsp3) is 0.444. The molecule has 0 saturated carbocycles. The molecule has 219 valence electrons. The summed E-state index contributed by atoms with van der Waals surface area (Å²) in [5, 5.41) is 0. The van der Waals surface area contributed by atoms with Gasteiger partial charge in [-0.3, -0.25) is 0 Å². The Bertz CT molecular complexity index is 1560. The minimum Gasteiger partial charge on any atom is -0.355 e. The summed E-state index contributed by atoms with van der Waals surface area (Å²) < 4.78 is 0. The first kappa shape index (κ1) is 31.2. The second kappa shape index (κ2) is 13.0. The van der Waals surface area contributed by atoms with Crippen molar-refractivity contribution in [1.82, 2.24) is 19.9 Å². The van der Waals surface area contributed by atoms with E-state index in [2.05, 4.69) is 89.6 Å². The van der Waals surface area contributed by atoms with Gasteiger partial charge in [-0.15, -0.1) is 0 Å². The largest absolute Gasteiger partial charge is 0.355 e. The van der Waals surface area contributed by atoms with Crippen molar-refractivity contribution in [1.29, 1.82) is 0 Å². The number of allylic oxidation sites excluding steroid dienone is 4. The topological polar surface area (TPSA) is 57.4 Å². The summed E-state index contributed by atoms with van der Waals surface area (Å²) in [4.78, 5) is 18.2. The Balaban J connectivity index is 0.00000387. The fourth-order valence-corrected chi connectivity index (χ4v) is 7.10. The van der Waals surface area contributed by atoms with Crippen molar-refractivity contribution in [3.8, 4) is 0 Å². The zero-order chi connectivity index (χ0) is 28.6. The molecular formula is C36H46IrN4. The number of nitrogens with zero attached hydrogens (tertiary/aromatic N) is 2. The van der Waals surface area contributed by atoms with Gasteiger partial charge >= 0.3 is 0 Å². The average molecular weight is 727 g/mol. The number of aromatic nitrogens is 4. The van der Waals surface area contributed by atoms with Crippen molar-refractivity contribution in [3.05, 3.63) is 69.3 Å². The first-order valence-electron chi connectivity index (χ1n) is 15.7. The number of aryl methyl sites for hydroxylation is 4. The Kier molecular flexibility index (Phi) is 9.93. The van der Waals surface area contributed by atoms with E-state index in [1.807, 2.05) is 0 Å². The van der Waals surface area contributed by atoms with E-state index in [-0.39, 0.29) is 20.1 Å². The van der Waals surface area contributed by atoms with Gasteiger partial charge in [-0.1, -0.05) is 55.4 Å². The first-order chi connectivity index (χ1) is 19.5. The van der Waals surface area contributed by atoms with Crippen LogP contribution in [0.2, 0.25) is 0 Å². The van der Waals surface area contributed by atoms with Crippen molar-refractivity contribution >= 4 is 44.4 Å². The number of aromatic amines is 2. The van der Waals surface area contributed by atoms with Crippen LogP contribution in [0.4, 0.5) is 0 Å². The van der Waals surface area contributed by atoms with Gasteiger partial charge in [0.2, 0.25) is 0 Å². The van der Waals surface area contributed by atoms with E-state index >= 15 is 0 Å². The van der Waals surface area contributed by atoms with Crippen molar-refractivity contribution in [2.75, 3.05) is 0 Å². The molecule has 4 nitrogen and oxygen atoms in total. The van der Waals surface area contributed by atoms with Gasteiger partial charge in [0.1, 0.15) is 0 Å². The van der Waals surface area contributed by atoms with Crippen LogP contribution in [-0.4, -0.2) is 19.9 Å². The van der Waals surface area contributed by atoms with Gasteiger partial charge in [0.15, 0.2) is 0 Å². The summed E-state index contributed by atoms with van der Waals surface area (Å²) in [6.07, 6.45) is 7.84. The summed E-state index contributed by atoms with van der Waals surface area (Å²) in [7, 11) is 0. The maximum absolute atomic E-state index is 5.28. The monoisotopic (exact) mass is 727 g/mol. The molecule has 5 heterocycles. The molecule has 3 aromatic heterocycles. The van der Waals surface area contributed by atoms with E-state index in [9.17, 15) is 0 Å². The molecule has 5 heteroatoms. The van der Waals surface area contributed by atoms with Gasteiger partial charge in [-0.25, -0.2) is 9.97 Å². The molecule has 2 aliphatic heterocycles. The maximum atomic E-state index is 5.28. The molecule has 0 spiro atoms. The van der Waals surface area contributed by atoms with Crippen molar-refractivity contribution in [2.24, 2.45) is 0 Å². The van der Waals surface area contributed by atoms with Crippen LogP contribution in [0, 0.1) is 0 Å². The molecule has 0 saturated heterocycles. The molecule has 5 rings (SSSR count). The molecule has 2 N–H and O–H groups in total. The van der Waals surface area contributed by atoms with Gasteiger partial charge in [-0.2, -0.15) is 0 Å². The summed E-state index contributed by atoms with van der Waals surface area (Å²) in [6.45, 7) is 18.1. The number of hydrogen-bond donors (Lipinski definition) is 2. The number of hydrogen-bond acceptors (Lipinski definition) is 2. The zero-order valence-electron chi connectivity index (χ0n) is 26.2. The van der Waals surface area contributed by atoms with Crippen molar-refractivity contribution < 1.29 is 20.1 Å².